The van der Waals surface area contributed by atoms with Crippen LogP contribution in [0.2, 0.25) is 0 Å². The van der Waals surface area contributed by atoms with Crippen LogP contribution in [0.1, 0.15) is 12.8 Å². The number of carbonyl (C=O) groups is 3. The van der Waals surface area contributed by atoms with Crippen molar-refractivity contribution in [3.05, 3.63) is 0 Å². The van der Waals surface area contributed by atoms with Crippen molar-refractivity contribution in [2.24, 2.45) is 5.92 Å². The van der Waals surface area contributed by atoms with Crippen LogP contribution in [0.4, 0.5) is 0 Å². The maximum atomic E-state index is 11.5. The van der Waals surface area contributed by atoms with Crippen LogP contribution in [0.25, 0.3) is 0 Å². The maximum absolute atomic E-state index is 11.5. The van der Waals surface area contributed by atoms with Crippen LogP contribution in [0, 0.1) is 5.92 Å². The zero-order chi connectivity index (χ0) is 12.1. The van der Waals surface area contributed by atoms with Gasteiger partial charge in [0.2, 0.25) is 17.7 Å². The lowest BCUT2D eigenvalue weighted by molar-refractivity contribution is -0.135. The van der Waals surface area contributed by atoms with E-state index in [9.17, 15) is 14.4 Å². The van der Waals surface area contributed by atoms with E-state index in [1.807, 2.05) is 0 Å². The van der Waals surface area contributed by atoms with E-state index >= 15 is 0 Å². The molecule has 1 fully saturated rings. The van der Waals surface area contributed by atoms with Gasteiger partial charge in [0, 0.05) is 20.0 Å². The minimum atomic E-state index is -0.266. The summed E-state index contributed by atoms with van der Waals surface area (Å²) in [6, 6.07) is 0. The molecule has 2 N–H and O–H groups in total. The standard InChI is InChI=1S/C10H17N3O3/c1-11-8(14)6-13(2)9(15)5-12-10(16)7-3-4-7/h7H,3-6H2,1-2H3,(H,11,14)(H,12,16). The van der Waals surface area contributed by atoms with Gasteiger partial charge in [-0.25, -0.2) is 0 Å². The first kappa shape index (κ1) is 12.5. The van der Waals surface area contributed by atoms with Gasteiger partial charge in [0.15, 0.2) is 0 Å². The van der Waals surface area contributed by atoms with E-state index in [1.54, 1.807) is 0 Å². The first-order chi connectivity index (χ1) is 7.54. The molecule has 0 aromatic heterocycles. The Kier molecular flexibility index (Phi) is 4.28. The van der Waals surface area contributed by atoms with E-state index in [0.29, 0.717) is 0 Å². The Morgan fingerprint density at radius 1 is 1.31 bits per heavy atom. The fraction of sp³-hybridized carbons (Fsp3) is 0.700. The third-order valence-corrected chi connectivity index (χ3v) is 2.45. The van der Waals surface area contributed by atoms with Crippen LogP contribution in [0.3, 0.4) is 0 Å². The number of hydrogen-bond donors (Lipinski definition) is 2. The third-order valence-electron chi connectivity index (χ3n) is 2.45. The van der Waals surface area contributed by atoms with E-state index in [1.165, 1.54) is 19.0 Å². The molecule has 1 rings (SSSR count). The number of likely N-dealkylation sites (N-methyl/N-ethyl adjacent to an activating group) is 2. The second-order valence-electron chi connectivity index (χ2n) is 3.92. The average molecular weight is 227 g/mol. The van der Waals surface area contributed by atoms with Crippen molar-refractivity contribution in [1.29, 1.82) is 0 Å². The Bertz CT molecular complexity index is 300. The summed E-state index contributed by atoms with van der Waals surface area (Å²) >= 11 is 0. The molecule has 0 spiro atoms. The SMILES string of the molecule is CNC(=O)CN(C)C(=O)CNC(=O)C1CC1. The smallest absolute Gasteiger partial charge is 0.242 e. The lowest BCUT2D eigenvalue weighted by atomic mass is 10.4. The third kappa shape index (κ3) is 3.88. The molecule has 0 bridgehead atoms. The van der Waals surface area contributed by atoms with E-state index in [4.69, 9.17) is 0 Å². The Balaban J connectivity index is 2.22. The number of nitrogens with one attached hydrogen (secondary N) is 2. The van der Waals surface area contributed by atoms with Crippen molar-refractivity contribution in [3.63, 3.8) is 0 Å². The van der Waals surface area contributed by atoms with Crippen molar-refractivity contribution in [2.75, 3.05) is 27.2 Å². The number of hydrogen-bond acceptors (Lipinski definition) is 3. The normalized spacial score (nSPS) is 14.1. The number of nitrogens with zero attached hydrogens (tertiary/aromatic N) is 1. The van der Waals surface area contributed by atoms with Crippen molar-refractivity contribution in [3.8, 4) is 0 Å². The minimum absolute atomic E-state index is 0.00856. The lowest BCUT2D eigenvalue weighted by Gasteiger charge is -2.16. The van der Waals surface area contributed by atoms with Crippen LogP contribution < -0.4 is 10.6 Å². The Morgan fingerprint density at radius 2 is 1.94 bits per heavy atom. The molecule has 16 heavy (non-hydrogen) atoms. The van der Waals surface area contributed by atoms with Crippen molar-refractivity contribution in [1.82, 2.24) is 15.5 Å². The van der Waals surface area contributed by atoms with Gasteiger partial charge in [-0.1, -0.05) is 0 Å². The molecule has 0 radical (unpaired) electrons. The minimum Gasteiger partial charge on any atom is -0.358 e. The topological polar surface area (TPSA) is 78.5 Å². The highest BCUT2D eigenvalue weighted by Crippen LogP contribution is 2.28. The quantitative estimate of drug-likeness (QED) is 0.614. The second-order valence-corrected chi connectivity index (χ2v) is 3.92. The fourth-order valence-electron chi connectivity index (χ4n) is 1.17. The zero-order valence-electron chi connectivity index (χ0n) is 9.58. The summed E-state index contributed by atoms with van der Waals surface area (Å²) in [5.41, 5.74) is 0. The van der Waals surface area contributed by atoms with Gasteiger partial charge in [0.1, 0.15) is 0 Å². The van der Waals surface area contributed by atoms with Crippen LogP contribution in [-0.4, -0.2) is 49.8 Å². The molecule has 0 unspecified atom stereocenters. The molecule has 0 aliphatic heterocycles. The molecule has 3 amide bonds. The molecule has 90 valence electrons. The predicted octanol–water partition coefficient (Wildman–Crippen LogP) is -1.28. The zero-order valence-corrected chi connectivity index (χ0v) is 9.58. The van der Waals surface area contributed by atoms with E-state index in [-0.39, 0.29) is 36.7 Å². The molecule has 0 saturated heterocycles. The Morgan fingerprint density at radius 3 is 2.44 bits per heavy atom. The summed E-state index contributed by atoms with van der Waals surface area (Å²) in [5.74, 6) is -0.472. The van der Waals surface area contributed by atoms with Gasteiger partial charge < -0.3 is 15.5 Å². The maximum Gasteiger partial charge on any atom is 0.242 e. The van der Waals surface area contributed by atoms with E-state index in [2.05, 4.69) is 10.6 Å². The van der Waals surface area contributed by atoms with Crippen LogP contribution in [-0.2, 0) is 14.4 Å². The second kappa shape index (κ2) is 5.48. The molecule has 0 aromatic carbocycles. The summed E-state index contributed by atoms with van der Waals surface area (Å²) in [6.45, 7) is -0.0303. The predicted molar refractivity (Wildman–Crippen MR) is 57.4 cm³/mol. The molecular formula is C10H17N3O3. The van der Waals surface area contributed by atoms with E-state index < -0.39 is 0 Å². The van der Waals surface area contributed by atoms with Crippen LogP contribution in [0.5, 0.6) is 0 Å². The molecule has 0 heterocycles. The van der Waals surface area contributed by atoms with Gasteiger partial charge in [-0.3, -0.25) is 14.4 Å². The molecule has 6 nitrogen and oxygen atoms in total. The summed E-state index contributed by atoms with van der Waals surface area (Å²) < 4.78 is 0. The monoisotopic (exact) mass is 227 g/mol. The number of carbonyl (C=O) groups excluding carboxylic acids is 3. The Labute approximate surface area is 94.4 Å². The highest BCUT2D eigenvalue weighted by Gasteiger charge is 2.29. The summed E-state index contributed by atoms with van der Waals surface area (Å²) in [4.78, 5) is 35.0. The van der Waals surface area contributed by atoms with Gasteiger partial charge in [0.05, 0.1) is 13.1 Å². The molecule has 6 heteroatoms. The van der Waals surface area contributed by atoms with Crippen LogP contribution in [0.15, 0.2) is 0 Å². The molecule has 0 atom stereocenters. The Hall–Kier alpha value is -1.59. The van der Waals surface area contributed by atoms with Gasteiger partial charge in [-0.15, -0.1) is 0 Å². The fourth-order valence-corrected chi connectivity index (χ4v) is 1.17. The number of rotatable bonds is 5. The summed E-state index contributed by atoms with van der Waals surface area (Å²) in [6.07, 6.45) is 1.82. The van der Waals surface area contributed by atoms with Gasteiger partial charge in [0.25, 0.3) is 0 Å². The molecular weight excluding hydrogens is 210 g/mol. The average Bonchev–Trinajstić information content (AvgIpc) is 3.08. The number of amides is 3. The summed E-state index contributed by atoms with van der Waals surface area (Å²) in [5, 5.41) is 4.98. The molecule has 1 aliphatic carbocycles. The highest BCUT2D eigenvalue weighted by molar-refractivity contribution is 5.89. The van der Waals surface area contributed by atoms with Gasteiger partial charge in [-0.2, -0.15) is 0 Å². The van der Waals surface area contributed by atoms with Gasteiger partial charge >= 0.3 is 0 Å². The lowest BCUT2D eigenvalue weighted by Crippen LogP contribution is -2.42. The molecule has 1 aliphatic rings. The van der Waals surface area contributed by atoms with Crippen LogP contribution >= 0.6 is 0 Å². The van der Waals surface area contributed by atoms with Crippen molar-refractivity contribution >= 4 is 17.7 Å². The molecule has 1 saturated carbocycles. The van der Waals surface area contributed by atoms with Crippen molar-refractivity contribution < 1.29 is 14.4 Å². The first-order valence-corrected chi connectivity index (χ1v) is 5.27. The van der Waals surface area contributed by atoms with Gasteiger partial charge in [-0.05, 0) is 12.8 Å². The largest absolute Gasteiger partial charge is 0.358 e. The molecule has 0 aromatic rings. The van der Waals surface area contributed by atoms with Crippen molar-refractivity contribution in [2.45, 2.75) is 12.8 Å². The van der Waals surface area contributed by atoms with E-state index in [0.717, 1.165) is 12.8 Å². The summed E-state index contributed by atoms with van der Waals surface area (Å²) in [7, 11) is 3.04. The highest BCUT2D eigenvalue weighted by atomic mass is 16.2. The first-order valence-electron chi connectivity index (χ1n) is 5.27.